The number of amides is 3. The molecule has 0 spiro atoms. The molecule has 0 fully saturated rings. The fraction of sp³-hybridized carbons (Fsp3) is 0.515. The zero-order chi connectivity index (χ0) is 41.9. The van der Waals surface area contributed by atoms with Crippen molar-refractivity contribution < 1.29 is 85.3 Å². The summed E-state index contributed by atoms with van der Waals surface area (Å²) in [6.07, 6.45) is -4.93. The molecule has 2 aromatic carbocycles. The highest BCUT2D eigenvalue weighted by Crippen LogP contribution is 2.38. The largest absolute Gasteiger partial charge is 0.488 e. The molecule has 1 atom stereocenters. The first-order valence-electron chi connectivity index (χ1n) is 17.2. The highest BCUT2D eigenvalue weighted by molar-refractivity contribution is 6.59. The summed E-state index contributed by atoms with van der Waals surface area (Å²) < 4.78 is 92.2. The molecule has 2 aromatic rings. The number of hydrogen-bond acceptors (Lipinski definition) is 12. The molecule has 2 rings (SSSR count). The summed E-state index contributed by atoms with van der Waals surface area (Å²) in [6.45, 7) is 2.80. The summed E-state index contributed by atoms with van der Waals surface area (Å²) in [6, 6.07) is 1.51. The standard InChI is InChI=1S/C33H44B2F5N3O13/c1-2-53-9-11-55-19-28(44)41-7-8-54-10-12-56-20-29(45)43-27(31(47)48)5-3-4-6-42-30(46)21-13-22(16-25(14-21)34(49)50)32(36,37)23-15-24(33(38,39)40)18-26(17-23)35(51)52/h13-18,27,49-52H,2-12,19-20H2,1H3,(H,41,44)(H,42,46)(H,43,45)(H,47,48)/t27-/m0/s1. The topological polar surface area (TPSA) is 242 Å². The van der Waals surface area contributed by atoms with Crippen LogP contribution in [0.1, 0.15) is 53.2 Å². The summed E-state index contributed by atoms with van der Waals surface area (Å²) >= 11 is 0. The van der Waals surface area contributed by atoms with Gasteiger partial charge in [0.25, 0.3) is 11.8 Å². The first-order chi connectivity index (χ1) is 26.4. The van der Waals surface area contributed by atoms with Gasteiger partial charge in [-0.25, -0.2) is 4.79 Å². The van der Waals surface area contributed by atoms with Gasteiger partial charge < -0.3 is 60.1 Å². The van der Waals surface area contributed by atoms with Crippen LogP contribution in [0.3, 0.4) is 0 Å². The normalized spacial score (nSPS) is 12.2. The number of carbonyl (C=O) groups excluding carboxylic acids is 3. The van der Waals surface area contributed by atoms with E-state index in [9.17, 15) is 57.6 Å². The van der Waals surface area contributed by atoms with Gasteiger partial charge in [-0.3, -0.25) is 14.4 Å². The van der Waals surface area contributed by atoms with E-state index >= 15 is 8.78 Å². The van der Waals surface area contributed by atoms with E-state index < -0.39 is 89.9 Å². The fourth-order valence-corrected chi connectivity index (χ4v) is 4.82. The average Bonchev–Trinajstić information content (AvgIpc) is 3.14. The molecule has 23 heteroatoms. The lowest BCUT2D eigenvalue weighted by Crippen LogP contribution is -2.42. The van der Waals surface area contributed by atoms with Gasteiger partial charge in [0.05, 0.1) is 38.6 Å². The Labute approximate surface area is 318 Å². The smallest absolute Gasteiger partial charge is 0.480 e. The van der Waals surface area contributed by atoms with Crippen molar-refractivity contribution in [1.29, 1.82) is 0 Å². The number of carboxylic acid groups (broad SMARTS) is 1. The average molecular weight is 807 g/mol. The maximum atomic E-state index is 15.7. The Hall–Kier alpha value is -4.22. The molecule has 0 bridgehead atoms. The van der Waals surface area contributed by atoms with Crippen LogP contribution in [-0.4, -0.2) is 135 Å². The molecule has 3 amide bonds. The minimum Gasteiger partial charge on any atom is -0.480 e. The van der Waals surface area contributed by atoms with Gasteiger partial charge in [-0.15, -0.1) is 0 Å². The molecule has 0 aliphatic carbocycles. The predicted octanol–water partition coefficient (Wildman–Crippen LogP) is -1.12. The molecular formula is C33H44B2F5N3O13. The van der Waals surface area contributed by atoms with Gasteiger partial charge in [-0.2, -0.15) is 22.0 Å². The number of carbonyl (C=O) groups is 4. The SMILES string of the molecule is CCOCCOCC(=O)NCCOCCOCC(=O)N[C@@H](CCCCNC(=O)c1cc(B(O)O)cc(C(F)(F)c2cc(B(O)O)cc(C(F)(F)F)c2)c1)C(=O)O. The lowest BCUT2D eigenvalue weighted by molar-refractivity contribution is -0.142. The van der Waals surface area contributed by atoms with Gasteiger partial charge in [0.1, 0.15) is 19.3 Å². The second-order valence-corrected chi connectivity index (χ2v) is 12.0. The van der Waals surface area contributed by atoms with Crippen LogP contribution in [0.2, 0.25) is 0 Å². The molecule has 0 aliphatic rings. The number of benzene rings is 2. The summed E-state index contributed by atoms with van der Waals surface area (Å²) in [7, 11) is -4.91. The molecule has 0 heterocycles. The molecule has 0 radical (unpaired) electrons. The van der Waals surface area contributed by atoms with Crippen LogP contribution in [0, 0.1) is 0 Å². The first kappa shape index (κ1) is 47.9. The monoisotopic (exact) mass is 807 g/mol. The molecular weight excluding hydrogens is 763 g/mol. The van der Waals surface area contributed by atoms with Gasteiger partial charge in [0.15, 0.2) is 0 Å². The van der Waals surface area contributed by atoms with Crippen LogP contribution in [0.25, 0.3) is 0 Å². The number of halogens is 5. The lowest BCUT2D eigenvalue weighted by Gasteiger charge is -2.22. The first-order valence-corrected chi connectivity index (χ1v) is 17.2. The third-order valence-electron chi connectivity index (χ3n) is 7.64. The van der Waals surface area contributed by atoms with Crippen LogP contribution in [0.15, 0.2) is 36.4 Å². The van der Waals surface area contributed by atoms with E-state index in [1.807, 2.05) is 6.92 Å². The van der Waals surface area contributed by atoms with Crippen molar-refractivity contribution >= 4 is 48.9 Å². The van der Waals surface area contributed by atoms with Gasteiger partial charge in [-0.05, 0) is 55.3 Å². The van der Waals surface area contributed by atoms with Crippen molar-refractivity contribution in [3.05, 3.63) is 58.7 Å². The molecule has 0 saturated heterocycles. The Morgan fingerprint density at radius 1 is 0.679 bits per heavy atom. The van der Waals surface area contributed by atoms with E-state index in [0.29, 0.717) is 31.4 Å². The third-order valence-corrected chi connectivity index (χ3v) is 7.64. The molecule has 56 heavy (non-hydrogen) atoms. The minimum atomic E-state index is -5.14. The van der Waals surface area contributed by atoms with Crippen LogP contribution in [-0.2, 0) is 45.4 Å². The van der Waals surface area contributed by atoms with Crippen molar-refractivity contribution in [3.63, 3.8) is 0 Å². The van der Waals surface area contributed by atoms with Gasteiger partial charge >= 0.3 is 26.4 Å². The zero-order valence-corrected chi connectivity index (χ0v) is 30.3. The number of hydrogen-bond donors (Lipinski definition) is 8. The number of aliphatic carboxylic acids is 1. The quantitative estimate of drug-likeness (QED) is 0.0320. The van der Waals surface area contributed by atoms with Crippen molar-refractivity contribution in [3.8, 4) is 0 Å². The molecule has 0 aromatic heterocycles. The number of rotatable bonds is 26. The number of carboxylic acids is 1. The van der Waals surface area contributed by atoms with Crippen LogP contribution >= 0.6 is 0 Å². The Kier molecular flexibility index (Phi) is 20.3. The minimum absolute atomic E-state index is 0.00132. The van der Waals surface area contributed by atoms with E-state index in [0.717, 1.165) is 6.07 Å². The van der Waals surface area contributed by atoms with E-state index in [2.05, 4.69) is 16.0 Å². The Morgan fingerprint density at radius 3 is 1.82 bits per heavy atom. The van der Waals surface area contributed by atoms with Crippen molar-refractivity contribution in [2.75, 3.05) is 65.9 Å². The maximum Gasteiger partial charge on any atom is 0.488 e. The molecule has 0 saturated carbocycles. The summed E-state index contributed by atoms with van der Waals surface area (Å²) in [5.41, 5.74) is -6.06. The molecule has 0 unspecified atom stereocenters. The molecule has 16 nitrogen and oxygen atoms in total. The third kappa shape index (κ3) is 16.9. The number of alkyl halides is 5. The lowest BCUT2D eigenvalue weighted by atomic mass is 9.76. The number of nitrogens with one attached hydrogen (secondary N) is 3. The molecule has 0 aliphatic heterocycles. The maximum absolute atomic E-state index is 15.7. The van der Waals surface area contributed by atoms with Crippen molar-refractivity contribution in [2.45, 2.75) is 44.3 Å². The summed E-state index contributed by atoms with van der Waals surface area (Å²) in [4.78, 5) is 48.4. The predicted molar refractivity (Wildman–Crippen MR) is 188 cm³/mol. The Balaban J connectivity index is 1.84. The Morgan fingerprint density at radius 2 is 1.23 bits per heavy atom. The van der Waals surface area contributed by atoms with E-state index in [1.54, 1.807) is 0 Å². The number of unbranched alkanes of at least 4 members (excludes halogenated alkanes) is 1. The zero-order valence-electron chi connectivity index (χ0n) is 30.3. The van der Waals surface area contributed by atoms with Crippen molar-refractivity contribution in [2.24, 2.45) is 0 Å². The van der Waals surface area contributed by atoms with E-state index in [4.69, 9.17) is 18.9 Å². The van der Waals surface area contributed by atoms with E-state index in [1.165, 1.54) is 0 Å². The fourth-order valence-electron chi connectivity index (χ4n) is 4.82. The van der Waals surface area contributed by atoms with Crippen LogP contribution < -0.4 is 26.9 Å². The summed E-state index contributed by atoms with van der Waals surface area (Å²) in [5, 5.41) is 54.9. The molecule has 8 N–H and O–H groups in total. The second kappa shape index (κ2) is 23.8. The Bertz CT molecular complexity index is 1590. The van der Waals surface area contributed by atoms with Crippen LogP contribution in [0.5, 0.6) is 0 Å². The van der Waals surface area contributed by atoms with Gasteiger partial charge in [-0.1, -0.05) is 18.2 Å². The molecule has 310 valence electrons. The van der Waals surface area contributed by atoms with Crippen molar-refractivity contribution in [1.82, 2.24) is 16.0 Å². The second-order valence-electron chi connectivity index (χ2n) is 12.0. The highest BCUT2D eigenvalue weighted by atomic mass is 19.4. The summed E-state index contributed by atoms with van der Waals surface area (Å²) in [5.74, 6) is -7.70. The van der Waals surface area contributed by atoms with E-state index in [-0.39, 0.29) is 83.4 Å². The van der Waals surface area contributed by atoms with Gasteiger partial charge in [0, 0.05) is 36.4 Å². The van der Waals surface area contributed by atoms with Gasteiger partial charge in [0.2, 0.25) is 11.8 Å². The highest BCUT2D eigenvalue weighted by Gasteiger charge is 2.40. The number of ether oxygens (including phenoxy) is 4. The van der Waals surface area contributed by atoms with Crippen LogP contribution in [0.4, 0.5) is 22.0 Å².